The van der Waals surface area contributed by atoms with Crippen LogP contribution in [0.3, 0.4) is 0 Å². The van der Waals surface area contributed by atoms with Crippen LogP contribution in [0.5, 0.6) is 0 Å². The standard InChI is InChI=1S/C13H26N2OS/c1-17-9-5-3-2-4-8-15-13(16)10-12(14)11-6-7-11/h11-12H,2-10,14H2,1H3,(H,15,16). The monoisotopic (exact) mass is 258 g/mol. The van der Waals surface area contributed by atoms with Gasteiger partial charge in [-0.25, -0.2) is 0 Å². The first kappa shape index (κ1) is 14.8. The molecule has 1 aliphatic rings. The number of hydrogen-bond acceptors (Lipinski definition) is 3. The maximum absolute atomic E-state index is 11.5. The molecule has 0 aromatic carbocycles. The van der Waals surface area contributed by atoms with Crippen molar-refractivity contribution in [3.8, 4) is 0 Å². The van der Waals surface area contributed by atoms with Gasteiger partial charge in [-0.3, -0.25) is 4.79 Å². The number of thioether (sulfide) groups is 1. The van der Waals surface area contributed by atoms with E-state index < -0.39 is 0 Å². The number of nitrogens with two attached hydrogens (primary N) is 1. The van der Waals surface area contributed by atoms with Gasteiger partial charge in [0.2, 0.25) is 5.91 Å². The normalized spacial score (nSPS) is 16.8. The number of amides is 1. The quantitative estimate of drug-likeness (QED) is 0.590. The second kappa shape index (κ2) is 8.81. The van der Waals surface area contributed by atoms with Gasteiger partial charge in [-0.15, -0.1) is 0 Å². The molecule has 1 amide bonds. The molecular formula is C13H26N2OS. The highest BCUT2D eigenvalue weighted by atomic mass is 32.2. The van der Waals surface area contributed by atoms with Crippen molar-refractivity contribution >= 4 is 17.7 Å². The summed E-state index contributed by atoms with van der Waals surface area (Å²) in [5, 5.41) is 2.96. The van der Waals surface area contributed by atoms with Crippen LogP contribution in [0.15, 0.2) is 0 Å². The summed E-state index contributed by atoms with van der Waals surface area (Å²) in [6.07, 6.45) is 9.96. The van der Waals surface area contributed by atoms with E-state index in [0.29, 0.717) is 12.3 Å². The average molecular weight is 258 g/mol. The molecular weight excluding hydrogens is 232 g/mol. The van der Waals surface area contributed by atoms with Crippen molar-refractivity contribution in [2.24, 2.45) is 11.7 Å². The highest BCUT2D eigenvalue weighted by Crippen LogP contribution is 2.32. The first-order chi connectivity index (χ1) is 8.24. The van der Waals surface area contributed by atoms with E-state index in [-0.39, 0.29) is 11.9 Å². The van der Waals surface area contributed by atoms with E-state index in [1.165, 1.54) is 37.9 Å². The van der Waals surface area contributed by atoms with E-state index in [1.54, 1.807) is 0 Å². The lowest BCUT2D eigenvalue weighted by molar-refractivity contribution is -0.121. The molecule has 0 heterocycles. The molecule has 0 aliphatic heterocycles. The summed E-state index contributed by atoms with van der Waals surface area (Å²) in [5.41, 5.74) is 5.90. The largest absolute Gasteiger partial charge is 0.356 e. The molecule has 0 saturated heterocycles. The first-order valence-corrected chi connectivity index (χ1v) is 8.14. The smallest absolute Gasteiger partial charge is 0.221 e. The number of rotatable bonds is 10. The number of hydrogen-bond donors (Lipinski definition) is 2. The number of unbranched alkanes of at least 4 members (excludes halogenated alkanes) is 3. The summed E-state index contributed by atoms with van der Waals surface area (Å²) in [7, 11) is 0. The summed E-state index contributed by atoms with van der Waals surface area (Å²) in [5.74, 6) is 2.00. The number of carbonyl (C=O) groups excluding carboxylic acids is 1. The topological polar surface area (TPSA) is 55.1 Å². The molecule has 3 N–H and O–H groups in total. The van der Waals surface area contributed by atoms with Crippen LogP contribution in [0.4, 0.5) is 0 Å². The van der Waals surface area contributed by atoms with E-state index in [4.69, 9.17) is 5.73 Å². The minimum Gasteiger partial charge on any atom is -0.356 e. The molecule has 1 fully saturated rings. The van der Waals surface area contributed by atoms with Gasteiger partial charge in [-0.1, -0.05) is 12.8 Å². The second-order valence-electron chi connectivity index (χ2n) is 4.96. The number of nitrogens with one attached hydrogen (secondary N) is 1. The Morgan fingerprint density at radius 2 is 2.06 bits per heavy atom. The van der Waals surface area contributed by atoms with Crippen molar-refractivity contribution in [1.82, 2.24) is 5.32 Å². The van der Waals surface area contributed by atoms with Crippen molar-refractivity contribution in [2.45, 2.75) is 51.0 Å². The maximum atomic E-state index is 11.5. The van der Waals surface area contributed by atoms with Gasteiger partial charge >= 0.3 is 0 Å². The lowest BCUT2D eigenvalue weighted by Crippen LogP contribution is -2.33. The zero-order valence-electron chi connectivity index (χ0n) is 10.9. The fourth-order valence-corrected chi connectivity index (χ4v) is 2.42. The van der Waals surface area contributed by atoms with Crippen LogP contribution in [0.25, 0.3) is 0 Å². The Labute approximate surface area is 109 Å². The average Bonchev–Trinajstić information content (AvgIpc) is 3.11. The predicted molar refractivity (Wildman–Crippen MR) is 75.2 cm³/mol. The zero-order valence-corrected chi connectivity index (χ0v) is 11.7. The van der Waals surface area contributed by atoms with Crippen LogP contribution in [-0.2, 0) is 4.79 Å². The Balaban J connectivity index is 1.86. The maximum Gasteiger partial charge on any atom is 0.221 e. The third kappa shape index (κ3) is 7.66. The van der Waals surface area contributed by atoms with Crippen molar-refractivity contribution in [3.63, 3.8) is 0 Å². The molecule has 0 spiro atoms. The minimum absolute atomic E-state index is 0.0941. The van der Waals surface area contributed by atoms with Crippen molar-refractivity contribution in [1.29, 1.82) is 0 Å². The van der Waals surface area contributed by atoms with Crippen LogP contribution in [-0.4, -0.2) is 30.5 Å². The molecule has 100 valence electrons. The molecule has 0 radical (unpaired) electrons. The van der Waals surface area contributed by atoms with Crippen LogP contribution in [0.2, 0.25) is 0 Å². The fourth-order valence-electron chi connectivity index (χ4n) is 1.93. The zero-order chi connectivity index (χ0) is 12.5. The van der Waals surface area contributed by atoms with Crippen molar-refractivity contribution in [3.05, 3.63) is 0 Å². The van der Waals surface area contributed by atoms with E-state index in [0.717, 1.165) is 13.0 Å². The van der Waals surface area contributed by atoms with E-state index in [1.807, 2.05) is 11.8 Å². The molecule has 0 bridgehead atoms. The summed E-state index contributed by atoms with van der Waals surface area (Å²) in [6, 6.07) is 0.0941. The summed E-state index contributed by atoms with van der Waals surface area (Å²) in [4.78, 5) is 11.5. The summed E-state index contributed by atoms with van der Waals surface area (Å²) in [6.45, 7) is 0.815. The first-order valence-electron chi connectivity index (χ1n) is 6.75. The lowest BCUT2D eigenvalue weighted by Gasteiger charge is -2.10. The van der Waals surface area contributed by atoms with Gasteiger partial charge in [0.1, 0.15) is 0 Å². The molecule has 1 rings (SSSR count). The van der Waals surface area contributed by atoms with Gasteiger partial charge in [-0.2, -0.15) is 11.8 Å². The molecule has 0 aromatic rings. The predicted octanol–water partition coefficient (Wildman–Crippen LogP) is 2.15. The minimum atomic E-state index is 0.0941. The van der Waals surface area contributed by atoms with E-state index in [9.17, 15) is 4.79 Å². The molecule has 17 heavy (non-hydrogen) atoms. The molecule has 1 aliphatic carbocycles. The van der Waals surface area contributed by atoms with Crippen molar-refractivity contribution < 1.29 is 4.79 Å². The third-order valence-corrected chi connectivity index (χ3v) is 3.94. The van der Waals surface area contributed by atoms with Crippen LogP contribution in [0.1, 0.15) is 44.9 Å². The molecule has 0 aromatic heterocycles. The van der Waals surface area contributed by atoms with Gasteiger partial charge < -0.3 is 11.1 Å². The number of carbonyl (C=O) groups is 1. The highest BCUT2D eigenvalue weighted by molar-refractivity contribution is 7.98. The second-order valence-corrected chi connectivity index (χ2v) is 5.95. The Bertz CT molecular complexity index is 219. The lowest BCUT2D eigenvalue weighted by atomic mass is 10.1. The highest BCUT2D eigenvalue weighted by Gasteiger charge is 2.29. The van der Waals surface area contributed by atoms with Crippen molar-refractivity contribution in [2.75, 3.05) is 18.6 Å². The van der Waals surface area contributed by atoms with Gasteiger partial charge in [0.15, 0.2) is 0 Å². The molecule has 1 unspecified atom stereocenters. The third-order valence-electron chi connectivity index (χ3n) is 3.25. The SMILES string of the molecule is CSCCCCCCNC(=O)CC(N)C1CC1. The molecule has 1 saturated carbocycles. The van der Waals surface area contributed by atoms with E-state index in [2.05, 4.69) is 11.6 Å². The Kier molecular flexibility index (Phi) is 7.69. The van der Waals surface area contributed by atoms with Crippen LogP contribution < -0.4 is 11.1 Å². The molecule has 4 heteroatoms. The van der Waals surface area contributed by atoms with Crippen LogP contribution in [0, 0.1) is 5.92 Å². The Hall–Kier alpha value is -0.220. The Morgan fingerprint density at radius 1 is 1.35 bits per heavy atom. The van der Waals surface area contributed by atoms with Gasteiger partial charge in [0.05, 0.1) is 0 Å². The van der Waals surface area contributed by atoms with Gasteiger partial charge in [0.25, 0.3) is 0 Å². The fraction of sp³-hybridized carbons (Fsp3) is 0.923. The van der Waals surface area contributed by atoms with Gasteiger partial charge in [-0.05, 0) is 43.6 Å². The van der Waals surface area contributed by atoms with Crippen LogP contribution >= 0.6 is 11.8 Å². The van der Waals surface area contributed by atoms with E-state index >= 15 is 0 Å². The van der Waals surface area contributed by atoms with Gasteiger partial charge in [0, 0.05) is 19.0 Å². The molecule has 3 nitrogen and oxygen atoms in total. The summed E-state index contributed by atoms with van der Waals surface area (Å²) < 4.78 is 0. The summed E-state index contributed by atoms with van der Waals surface area (Å²) >= 11 is 1.90. The molecule has 1 atom stereocenters. The Morgan fingerprint density at radius 3 is 2.71 bits per heavy atom.